The number of benzene rings is 1. The Bertz CT molecular complexity index is 723. The molecule has 0 aliphatic rings. The molecule has 3 nitrogen and oxygen atoms in total. The van der Waals surface area contributed by atoms with Crippen LogP contribution in [0.3, 0.4) is 0 Å². The summed E-state index contributed by atoms with van der Waals surface area (Å²) in [6, 6.07) is 10.1. The van der Waals surface area contributed by atoms with Gasteiger partial charge in [0.2, 0.25) is 0 Å². The summed E-state index contributed by atoms with van der Waals surface area (Å²) < 4.78 is 0. The topological polar surface area (TPSA) is 38.7 Å². The fraction of sp³-hybridized carbons (Fsp3) is 0.133. The highest BCUT2D eigenvalue weighted by Crippen LogP contribution is 2.21. The van der Waals surface area contributed by atoms with Gasteiger partial charge in [-0.05, 0) is 24.6 Å². The van der Waals surface area contributed by atoms with Crippen LogP contribution in [0.25, 0.3) is 22.4 Å². The van der Waals surface area contributed by atoms with Crippen LogP contribution in [-0.2, 0) is 5.88 Å². The van der Waals surface area contributed by atoms with Crippen molar-refractivity contribution in [2.45, 2.75) is 12.8 Å². The van der Waals surface area contributed by atoms with Crippen LogP contribution < -0.4 is 0 Å². The Labute approximate surface area is 116 Å². The zero-order valence-electron chi connectivity index (χ0n) is 10.5. The third kappa shape index (κ3) is 2.29. The molecule has 1 aromatic carbocycles. The highest BCUT2D eigenvalue weighted by atomic mass is 35.5. The average Bonchev–Trinajstić information content (AvgIpc) is 2.47. The van der Waals surface area contributed by atoms with Crippen molar-refractivity contribution < 1.29 is 0 Å². The predicted octanol–water partition coefficient (Wildman–Crippen LogP) is 3.74. The molecule has 2 heterocycles. The maximum atomic E-state index is 5.73. The maximum Gasteiger partial charge on any atom is 0.178 e. The van der Waals surface area contributed by atoms with Crippen molar-refractivity contribution in [2.24, 2.45) is 0 Å². The summed E-state index contributed by atoms with van der Waals surface area (Å²) in [5, 5.41) is 1.16. The van der Waals surface area contributed by atoms with Gasteiger partial charge in [0.15, 0.2) is 5.82 Å². The van der Waals surface area contributed by atoms with Crippen molar-refractivity contribution in [1.29, 1.82) is 0 Å². The van der Waals surface area contributed by atoms with E-state index >= 15 is 0 Å². The standard InChI is InChI=1S/C15H12ClN3/c1-10-6-14(15-17-8-11(7-16)9-18-15)19-13-5-3-2-4-12(10)13/h2-6,8-9H,7H2,1H3. The van der Waals surface area contributed by atoms with Crippen LogP contribution >= 0.6 is 11.6 Å². The van der Waals surface area contributed by atoms with Crippen LogP contribution in [0.1, 0.15) is 11.1 Å². The Kier molecular flexibility index (Phi) is 3.13. The zero-order valence-corrected chi connectivity index (χ0v) is 11.2. The molecule has 2 aromatic heterocycles. The van der Waals surface area contributed by atoms with Crippen molar-refractivity contribution >= 4 is 22.5 Å². The number of aryl methyl sites for hydroxylation is 1. The van der Waals surface area contributed by atoms with E-state index < -0.39 is 0 Å². The van der Waals surface area contributed by atoms with Crippen LogP contribution in [0.5, 0.6) is 0 Å². The molecule has 0 spiro atoms. The third-order valence-corrected chi connectivity index (χ3v) is 3.32. The molecule has 0 radical (unpaired) electrons. The summed E-state index contributed by atoms with van der Waals surface area (Å²) in [6.45, 7) is 2.07. The van der Waals surface area contributed by atoms with Gasteiger partial charge in [0.25, 0.3) is 0 Å². The van der Waals surface area contributed by atoms with Gasteiger partial charge >= 0.3 is 0 Å². The number of alkyl halides is 1. The van der Waals surface area contributed by atoms with Gasteiger partial charge in [0, 0.05) is 23.3 Å². The van der Waals surface area contributed by atoms with E-state index in [1.807, 2.05) is 24.3 Å². The second-order valence-electron chi connectivity index (χ2n) is 4.39. The Balaban J connectivity index is 2.14. The largest absolute Gasteiger partial charge is 0.244 e. The minimum Gasteiger partial charge on any atom is -0.244 e. The van der Waals surface area contributed by atoms with Crippen LogP contribution in [0.15, 0.2) is 42.7 Å². The Morgan fingerprint density at radius 1 is 1.11 bits per heavy atom. The molecule has 0 aliphatic carbocycles. The van der Waals surface area contributed by atoms with Crippen LogP contribution in [0, 0.1) is 6.92 Å². The molecule has 0 aliphatic heterocycles. The van der Waals surface area contributed by atoms with Crippen LogP contribution in [0.4, 0.5) is 0 Å². The molecule has 3 rings (SSSR count). The van der Waals surface area contributed by atoms with Crippen molar-refractivity contribution in [2.75, 3.05) is 0 Å². The van der Waals surface area contributed by atoms with Crippen LogP contribution in [-0.4, -0.2) is 15.0 Å². The summed E-state index contributed by atoms with van der Waals surface area (Å²) in [5.74, 6) is 1.05. The van der Waals surface area contributed by atoms with E-state index in [0.717, 1.165) is 22.2 Å². The van der Waals surface area contributed by atoms with Gasteiger partial charge < -0.3 is 0 Å². The maximum absolute atomic E-state index is 5.73. The molecule has 0 atom stereocenters. The number of rotatable bonds is 2. The number of hydrogen-bond donors (Lipinski definition) is 0. The second-order valence-corrected chi connectivity index (χ2v) is 4.66. The zero-order chi connectivity index (χ0) is 13.2. The van der Waals surface area contributed by atoms with E-state index in [1.54, 1.807) is 12.4 Å². The molecule has 0 unspecified atom stereocenters. The molecule has 0 fully saturated rings. The number of halogens is 1. The van der Waals surface area contributed by atoms with Gasteiger partial charge in [-0.25, -0.2) is 15.0 Å². The molecule has 3 aromatic rings. The summed E-state index contributed by atoms with van der Waals surface area (Å²) in [5.41, 5.74) is 3.83. The molecule has 19 heavy (non-hydrogen) atoms. The minimum atomic E-state index is 0.421. The summed E-state index contributed by atoms with van der Waals surface area (Å²) in [4.78, 5) is 13.2. The van der Waals surface area contributed by atoms with E-state index in [9.17, 15) is 0 Å². The molecule has 0 bridgehead atoms. The van der Waals surface area contributed by atoms with Gasteiger partial charge in [-0.3, -0.25) is 0 Å². The smallest absolute Gasteiger partial charge is 0.178 e. The fourth-order valence-corrected chi connectivity index (χ4v) is 2.16. The van der Waals surface area contributed by atoms with Crippen molar-refractivity contribution in [3.05, 3.63) is 53.9 Å². The number of aromatic nitrogens is 3. The second kappa shape index (κ2) is 4.94. The first-order chi connectivity index (χ1) is 9.28. The first-order valence-corrected chi connectivity index (χ1v) is 6.55. The summed E-state index contributed by atoms with van der Waals surface area (Å²) in [6.07, 6.45) is 3.48. The first-order valence-electron chi connectivity index (χ1n) is 6.01. The van der Waals surface area contributed by atoms with Gasteiger partial charge in [0.05, 0.1) is 11.4 Å². The average molecular weight is 270 g/mol. The lowest BCUT2D eigenvalue weighted by molar-refractivity contribution is 1.11. The lowest BCUT2D eigenvalue weighted by Crippen LogP contribution is -1.94. The summed E-state index contributed by atoms with van der Waals surface area (Å²) in [7, 11) is 0. The number of para-hydroxylation sites is 1. The Morgan fingerprint density at radius 2 is 1.84 bits per heavy atom. The van der Waals surface area contributed by atoms with Crippen molar-refractivity contribution in [3.63, 3.8) is 0 Å². The van der Waals surface area contributed by atoms with Crippen LogP contribution in [0.2, 0.25) is 0 Å². The number of nitrogens with zero attached hydrogens (tertiary/aromatic N) is 3. The van der Waals surface area contributed by atoms with Gasteiger partial charge in [0.1, 0.15) is 5.69 Å². The molecular weight excluding hydrogens is 258 g/mol. The molecular formula is C15H12ClN3. The third-order valence-electron chi connectivity index (χ3n) is 3.01. The quantitative estimate of drug-likeness (QED) is 0.665. The number of hydrogen-bond acceptors (Lipinski definition) is 3. The summed E-state index contributed by atoms with van der Waals surface area (Å²) >= 11 is 5.73. The molecule has 0 saturated heterocycles. The van der Waals surface area contributed by atoms with Gasteiger partial charge in [-0.2, -0.15) is 0 Å². The molecule has 0 saturated carbocycles. The first kappa shape index (κ1) is 12.1. The number of pyridine rings is 1. The van der Waals surface area contributed by atoms with E-state index in [2.05, 4.69) is 27.9 Å². The van der Waals surface area contributed by atoms with Gasteiger partial charge in [-0.1, -0.05) is 18.2 Å². The monoisotopic (exact) mass is 269 g/mol. The van der Waals surface area contributed by atoms with E-state index in [1.165, 1.54) is 5.56 Å². The van der Waals surface area contributed by atoms with Crippen molar-refractivity contribution in [1.82, 2.24) is 15.0 Å². The van der Waals surface area contributed by atoms with E-state index in [0.29, 0.717) is 11.7 Å². The van der Waals surface area contributed by atoms with E-state index in [4.69, 9.17) is 11.6 Å². The van der Waals surface area contributed by atoms with E-state index in [-0.39, 0.29) is 0 Å². The Morgan fingerprint density at radius 3 is 2.58 bits per heavy atom. The Hall–Kier alpha value is -2.00. The molecule has 4 heteroatoms. The lowest BCUT2D eigenvalue weighted by atomic mass is 10.1. The molecule has 0 N–H and O–H groups in total. The normalized spacial score (nSPS) is 10.8. The highest BCUT2D eigenvalue weighted by Gasteiger charge is 2.06. The fourth-order valence-electron chi connectivity index (χ4n) is 2.02. The molecule has 94 valence electrons. The minimum absolute atomic E-state index is 0.421. The highest BCUT2D eigenvalue weighted by molar-refractivity contribution is 6.17. The lowest BCUT2D eigenvalue weighted by Gasteiger charge is -2.05. The predicted molar refractivity (Wildman–Crippen MR) is 77.1 cm³/mol. The molecule has 0 amide bonds. The number of fused-ring (bicyclic) bond motifs is 1. The SMILES string of the molecule is Cc1cc(-c2ncc(CCl)cn2)nc2ccccc12. The van der Waals surface area contributed by atoms with Crippen molar-refractivity contribution in [3.8, 4) is 11.5 Å². The van der Waals surface area contributed by atoms with Gasteiger partial charge in [-0.15, -0.1) is 11.6 Å².